The van der Waals surface area contributed by atoms with E-state index in [0.717, 1.165) is 0 Å². The second-order valence-corrected chi connectivity index (χ2v) is 11.8. The fraction of sp³-hybridized carbons (Fsp3) is 0.0968. The van der Waals surface area contributed by atoms with Gasteiger partial charge in [-0.2, -0.15) is 0 Å². The van der Waals surface area contributed by atoms with Gasteiger partial charge >= 0.3 is 0 Å². The van der Waals surface area contributed by atoms with Crippen LogP contribution in [0.5, 0.6) is 0 Å². The van der Waals surface area contributed by atoms with Gasteiger partial charge in [-0.05, 0) is 46.5 Å². The van der Waals surface area contributed by atoms with Gasteiger partial charge in [-0.25, -0.2) is 0 Å². The first-order valence-electron chi connectivity index (χ1n) is 11.7. The van der Waals surface area contributed by atoms with Gasteiger partial charge < -0.3 is 4.57 Å². The van der Waals surface area contributed by atoms with Crippen LogP contribution in [0.3, 0.4) is 0 Å². The second kappa shape index (κ2) is 6.38. The zero-order valence-corrected chi connectivity index (χ0v) is 20.6. The number of hydrogen-bond donors (Lipinski definition) is 0. The first-order valence-corrected chi connectivity index (χ1v) is 13.3. The molecule has 1 aliphatic carbocycles. The lowest BCUT2D eigenvalue weighted by Gasteiger charge is -2.21. The molecule has 0 aliphatic heterocycles. The van der Waals surface area contributed by atoms with Gasteiger partial charge in [0.05, 0.1) is 14.9 Å². The Morgan fingerprint density at radius 3 is 2.29 bits per heavy atom. The molecular formula is C31H21NS2. The molecule has 162 valence electrons. The lowest BCUT2D eigenvalue weighted by atomic mass is 9.82. The normalized spacial score (nSPS) is 14.4. The van der Waals surface area contributed by atoms with E-state index in [0.29, 0.717) is 0 Å². The number of benzene rings is 4. The Hall–Kier alpha value is -3.40. The van der Waals surface area contributed by atoms with Crippen molar-refractivity contribution < 1.29 is 0 Å². The van der Waals surface area contributed by atoms with Crippen LogP contribution < -0.4 is 0 Å². The Balaban J connectivity index is 1.48. The van der Waals surface area contributed by atoms with Gasteiger partial charge in [0.2, 0.25) is 0 Å². The van der Waals surface area contributed by atoms with Crippen molar-refractivity contribution in [2.75, 3.05) is 0 Å². The molecule has 0 spiro atoms. The summed E-state index contributed by atoms with van der Waals surface area (Å²) in [6.07, 6.45) is 0. The van der Waals surface area contributed by atoms with E-state index in [1.807, 2.05) is 22.7 Å². The molecule has 0 saturated heterocycles. The molecule has 1 aliphatic rings. The number of aromatic nitrogens is 1. The predicted octanol–water partition coefficient (Wildman–Crippen LogP) is 9.52. The highest BCUT2D eigenvalue weighted by Crippen LogP contribution is 2.51. The van der Waals surface area contributed by atoms with E-state index in [1.165, 1.54) is 68.5 Å². The van der Waals surface area contributed by atoms with Crippen LogP contribution in [0.15, 0.2) is 91.0 Å². The summed E-state index contributed by atoms with van der Waals surface area (Å²) in [6, 6.07) is 33.7. The van der Waals surface area contributed by atoms with Crippen molar-refractivity contribution in [1.29, 1.82) is 0 Å². The smallest absolute Gasteiger partial charge is 0.110 e. The summed E-state index contributed by atoms with van der Waals surface area (Å²) in [5.41, 5.74) is 8.15. The fourth-order valence-corrected chi connectivity index (χ4v) is 8.84. The van der Waals surface area contributed by atoms with Crippen molar-refractivity contribution >= 4 is 63.3 Å². The van der Waals surface area contributed by atoms with E-state index in [4.69, 9.17) is 0 Å². The highest BCUT2D eigenvalue weighted by molar-refractivity contribution is 7.36. The van der Waals surface area contributed by atoms with Gasteiger partial charge in [-0.1, -0.05) is 80.6 Å². The summed E-state index contributed by atoms with van der Waals surface area (Å²) >= 11 is 3.87. The number of hydrogen-bond acceptors (Lipinski definition) is 2. The molecule has 0 fully saturated rings. The zero-order valence-electron chi connectivity index (χ0n) is 18.9. The Kier molecular flexibility index (Phi) is 3.56. The molecule has 0 amide bonds. The van der Waals surface area contributed by atoms with Crippen molar-refractivity contribution in [3.63, 3.8) is 0 Å². The SMILES string of the molecule is CC1(C)c2ccccc2-c2cc(-n3c4ccccc4c4c5sc6ccccc6c5sc43)ccc21. The minimum Gasteiger partial charge on any atom is -0.301 e. The van der Waals surface area contributed by atoms with Gasteiger partial charge in [0, 0.05) is 32.0 Å². The maximum absolute atomic E-state index is 2.49. The monoisotopic (exact) mass is 471 g/mol. The highest BCUT2D eigenvalue weighted by Gasteiger charge is 2.35. The lowest BCUT2D eigenvalue weighted by Crippen LogP contribution is -2.14. The maximum atomic E-state index is 2.49. The summed E-state index contributed by atoms with van der Waals surface area (Å²) < 4.78 is 6.70. The van der Waals surface area contributed by atoms with E-state index in [9.17, 15) is 0 Å². The van der Waals surface area contributed by atoms with Crippen molar-refractivity contribution in [3.8, 4) is 16.8 Å². The van der Waals surface area contributed by atoms with Crippen molar-refractivity contribution in [1.82, 2.24) is 4.57 Å². The van der Waals surface area contributed by atoms with Gasteiger partial charge in [0.1, 0.15) is 4.83 Å². The van der Waals surface area contributed by atoms with Crippen LogP contribution in [-0.2, 0) is 5.41 Å². The van der Waals surface area contributed by atoms with Crippen LogP contribution in [0.25, 0.3) is 57.4 Å². The molecule has 1 nitrogen and oxygen atoms in total. The highest BCUT2D eigenvalue weighted by atomic mass is 32.1. The molecule has 3 heteroatoms. The molecule has 34 heavy (non-hydrogen) atoms. The zero-order chi connectivity index (χ0) is 22.6. The van der Waals surface area contributed by atoms with Crippen LogP contribution >= 0.6 is 22.7 Å². The number of nitrogens with zero attached hydrogens (tertiary/aromatic N) is 1. The largest absolute Gasteiger partial charge is 0.301 e. The Morgan fingerprint density at radius 2 is 1.38 bits per heavy atom. The minimum atomic E-state index is 0.0307. The Labute approximate surface area is 205 Å². The molecule has 0 bridgehead atoms. The molecule has 0 N–H and O–H groups in total. The van der Waals surface area contributed by atoms with Crippen LogP contribution in [0.4, 0.5) is 0 Å². The third-order valence-corrected chi connectivity index (χ3v) is 10.2. The van der Waals surface area contributed by atoms with E-state index >= 15 is 0 Å². The first-order chi connectivity index (χ1) is 16.6. The Morgan fingerprint density at radius 1 is 0.647 bits per heavy atom. The number of rotatable bonds is 1. The van der Waals surface area contributed by atoms with E-state index in [2.05, 4.69) is 109 Å². The summed E-state index contributed by atoms with van der Waals surface area (Å²) in [4.78, 5) is 1.35. The van der Waals surface area contributed by atoms with Crippen LogP contribution in [0.2, 0.25) is 0 Å². The van der Waals surface area contributed by atoms with Crippen molar-refractivity contribution in [2.45, 2.75) is 19.3 Å². The van der Waals surface area contributed by atoms with Gasteiger partial charge in [0.25, 0.3) is 0 Å². The summed E-state index contributed by atoms with van der Waals surface area (Å²) in [5, 5.41) is 4.12. The average Bonchev–Trinajstić information content (AvgIpc) is 3.55. The average molecular weight is 472 g/mol. The minimum absolute atomic E-state index is 0.0307. The third kappa shape index (κ3) is 2.24. The molecule has 4 aromatic carbocycles. The van der Waals surface area contributed by atoms with Gasteiger partial charge in [-0.3, -0.25) is 0 Å². The van der Waals surface area contributed by atoms with E-state index in [1.54, 1.807) is 0 Å². The molecule has 7 aromatic rings. The van der Waals surface area contributed by atoms with Crippen LogP contribution in [-0.4, -0.2) is 4.57 Å². The third-order valence-electron chi connectivity index (χ3n) is 7.63. The molecule has 0 unspecified atom stereocenters. The summed E-state index contributed by atoms with van der Waals surface area (Å²) in [7, 11) is 0. The quantitative estimate of drug-likeness (QED) is 0.225. The molecule has 3 heterocycles. The molecule has 0 atom stereocenters. The van der Waals surface area contributed by atoms with Crippen molar-refractivity contribution in [2.24, 2.45) is 0 Å². The maximum Gasteiger partial charge on any atom is 0.110 e. The van der Waals surface area contributed by atoms with Gasteiger partial charge in [0.15, 0.2) is 0 Å². The molecular weight excluding hydrogens is 450 g/mol. The summed E-state index contributed by atoms with van der Waals surface area (Å²) in [5.74, 6) is 0. The standard InChI is InChI=1S/C31H21NS2/c1-31(2)23-12-6-3-9-19(23)22-17-18(15-16-24(22)31)32-25-13-7-4-10-20(25)27-29-28(34-30(27)32)21-11-5-8-14-26(21)33-29/h3-17H,1-2H3. The van der Waals surface area contributed by atoms with E-state index < -0.39 is 0 Å². The molecule has 8 rings (SSSR count). The molecule has 0 radical (unpaired) electrons. The number of para-hydroxylation sites is 1. The predicted molar refractivity (Wildman–Crippen MR) is 149 cm³/mol. The Bertz CT molecular complexity index is 1940. The lowest BCUT2D eigenvalue weighted by molar-refractivity contribution is 0.660. The molecule has 3 aromatic heterocycles. The van der Waals surface area contributed by atoms with Crippen LogP contribution in [0, 0.1) is 0 Å². The van der Waals surface area contributed by atoms with Crippen LogP contribution in [0.1, 0.15) is 25.0 Å². The summed E-state index contributed by atoms with van der Waals surface area (Å²) in [6.45, 7) is 4.69. The second-order valence-electron chi connectivity index (χ2n) is 9.79. The molecule has 0 saturated carbocycles. The van der Waals surface area contributed by atoms with Crippen molar-refractivity contribution in [3.05, 3.63) is 102 Å². The number of thiophene rings is 2. The first kappa shape index (κ1) is 19.0. The van der Waals surface area contributed by atoms with E-state index in [-0.39, 0.29) is 5.41 Å². The number of fused-ring (bicyclic) bond motifs is 10. The fourth-order valence-electron chi connectivity index (χ4n) is 6.02. The van der Waals surface area contributed by atoms with Gasteiger partial charge in [-0.15, -0.1) is 22.7 Å². The topological polar surface area (TPSA) is 4.93 Å².